The molecule has 6 heteroatoms. The lowest BCUT2D eigenvalue weighted by Crippen LogP contribution is -2.41. The Hall–Kier alpha value is -1.92. The van der Waals surface area contributed by atoms with Gasteiger partial charge in [0.15, 0.2) is 0 Å². The topological polar surface area (TPSA) is 79.5 Å². The van der Waals surface area contributed by atoms with Gasteiger partial charge in [0.2, 0.25) is 11.8 Å². The highest BCUT2D eigenvalue weighted by Gasteiger charge is 2.11. The van der Waals surface area contributed by atoms with E-state index in [2.05, 4.69) is 16.0 Å². The summed E-state index contributed by atoms with van der Waals surface area (Å²) in [6, 6.07) is 6.91. The maximum Gasteiger partial charge on any atom is 0.250 e. The van der Waals surface area contributed by atoms with Gasteiger partial charge < -0.3 is 20.7 Å². The third kappa shape index (κ3) is 7.43. The molecule has 116 valence electrons. The fourth-order valence-corrected chi connectivity index (χ4v) is 1.52. The highest BCUT2D eigenvalue weighted by atomic mass is 16.5. The molecule has 21 heavy (non-hydrogen) atoms. The number of carbonyl (C=O) groups is 2. The lowest BCUT2D eigenvalue weighted by atomic mass is 10.1. The van der Waals surface area contributed by atoms with Crippen LogP contribution in [-0.2, 0) is 14.3 Å². The number of anilines is 2. The van der Waals surface area contributed by atoms with Crippen LogP contribution in [0, 0.1) is 0 Å². The van der Waals surface area contributed by atoms with Crippen molar-refractivity contribution in [2.45, 2.75) is 26.3 Å². The maximum atomic E-state index is 11.7. The number of methoxy groups -OCH3 is 1. The average Bonchev–Trinajstić information content (AvgIpc) is 2.38. The number of amides is 2. The van der Waals surface area contributed by atoms with Crippen molar-refractivity contribution in [2.24, 2.45) is 0 Å². The van der Waals surface area contributed by atoms with Gasteiger partial charge in [-0.15, -0.1) is 0 Å². The average molecular weight is 293 g/mol. The summed E-state index contributed by atoms with van der Waals surface area (Å²) in [5, 5.41) is 8.57. The summed E-state index contributed by atoms with van der Waals surface area (Å²) in [6.07, 6.45) is 0. The fraction of sp³-hybridized carbons (Fsp3) is 0.467. The van der Waals surface area contributed by atoms with Gasteiger partial charge in [0.05, 0.1) is 6.54 Å². The van der Waals surface area contributed by atoms with Crippen molar-refractivity contribution >= 4 is 23.2 Å². The summed E-state index contributed by atoms with van der Waals surface area (Å²) in [7, 11) is 1.46. The van der Waals surface area contributed by atoms with Gasteiger partial charge in [-0.25, -0.2) is 0 Å². The van der Waals surface area contributed by atoms with E-state index >= 15 is 0 Å². The van der Waals surface area contributed by atoms with Crippen LogP contribution in [0.15, 0.2) is 24.3 Å². The van der Waals surface area contributed by atoms with Gasteiger partial charge in [-0.1, -0.05) is 0 Å². The predicted octanol–water partition coefficient (Wildman–Crippen LogP) is 1.60. The summed E-state index contributed by atoms with van der Waals surface area (Å²) >= 11 is 0. The Morgan fingerprint density at radius 1 is 1.00 bits per heavy atom. The molecule has 0 spiro atoms. The summed E-state index contributed by atoms with van der Waals surface area (Å²) < 4.78 is 4.73. The van der Waals surface area contributed by atoms with E-state index < -0.39 is 0 Å². The Labute approximate surface area is 125 Å². The molecule has 0 atom stereocenters. The van der Waals surface area contributed by atoms with E-state index in [0.717, 1.165) is 0 Å². The Morgan fingerprint density at radius 3 is 1.90 bits per heavy atom. The number of hydrogen-bond acceptors (Lipinski definition) is 4. The molecule has 0 aliphatic carbocycles. The summed E-state index contributed by atoms with van der Waals surface area (Å²) in [6.45, 7) is 6.25. The molecule has 0 bridgehead atoms. The SMILES string of the molecule is COCC(=O)Nc1ccc(NC(=O)CNC(C)(C)C)cc1. The summed E-state index contributed by atoms with van der Waals surface area (Å²) in [5.41, 5.74) is 1.23. The standard InChI is InChI=1S/C15H23N3O3/c1-15(2,3)16-9-13(19)17-11-5-7-12(8-6-11)18-14(20)10-21-4/h5-8,16H,9-10H2,1-4H3,(H,17,19)(H,18,20). The number of ether oxygens (including phenoxy) is 1. The maximum absolute atomic E-state index is 11.7. The van der Waals surface area contributed by atoms with E-state index in [1.807, 2.05) is 20.8 Å². The second kappa shape index (κ2) is 7.75. The molecule has 2 amide bonds. The molecule has 1 aromatic carbocycles. The van der Waals surface area contributed by atoms with Gasteiger partial charge in [-0.2, -0.15) is 0 Å². The molecule has 0 aromatic heterocycles. The number of rotatable bonds is 6. The van der Waals surface area contributed by atoms with Gasteiger partial charge >= 0.3 is 0 Å². The Bertz CT molecular complexity index is 478. The molecule has 0 aliphatic heterocycles. The first-order valence-corrected chi connectivity index (χ1v) is 6.74. The minimum absolute atomic E-state index is 0.0109. The summed E-state index contributed by atoms with van der Waals surface area (Å²) in [5.74, 6) is -0.329. The van der Waals surface area contributed by atoms with Crippen LogP contribution >= 0.6 is 0 Å². The van der Waals surface area contributed by atoms with Gasteiger partial charge in [0.25, 0.3) is 0 Å². The van der Waals surface area contributed by atoms with Crippen molar-refractivity contribution in [3.63, 3.8) is 0 Å². The Morgan fingerprint density at radius 2 is 1.48 bits per heavy atom. The molecule has 1 aromatic rings. The van der Waals surface area contributed by atoms with Gasteiger partial charge in [-0.3, -0.25) is 9.59 Å². The van der Waals surface area contributed by atoms with Gasteiger partial charge in [-0.05, 0) is 45.0 Å². The molecular formula is C15H23N3O3. The van der Waals surface area contributed by atoms with Crippen molar-refractivity contribution in [3.8, 4) is 0 Å². The minimum atomic E-state index is -0.219. The van der Waals surface area contributed by atoms with E-state index in [9.17, 15) is 9.59 Å². The third-order valence-corrected chi connectivity index (χ3v) is 2.51. The number of nitrogens with one attached hydrogen (secondary N) is 3. The van der Waals surface area contributed by atoms with Crippen molar-refractivity contribution in [1.82, 2.24) is 5.32 Å². The van der Waals surface area contributed by atoms with E-state index in [4.69, 9.17) is 4.74 Å². The zero-order valence-corrected chi connectivity index (χ0v) is 12.9. The first-order valence-electron chi connectivity index (χ1n) is 6.74. The van der Waals surface area contributed by atoms with Gasteiger partial charge in [0, 0.05) is 24.0 Å². The van der Waals surface area contributed by atoms with Crippen LogP contribution in [0.5, 0.6) is 0 Å². The molecule has 0 aliphatic rings. The Balaban J connectivity index is 2.47. The van der Waals surface area contributed by atoms with Crippen LogP contribution in [-0.4, -0.2) is 37.6 Å². The van der Waals surface area contributed by atoms with Crippen LogP contribution in [0.4, 0.5) is 11.4 Å². The molecule has 6 nitrogen and oxygen atoms in total. The smallest absolute Gasteiger partial charge is 0.250 e. The lowest BCUT2D eigenvalue weighted by Gasteiger charge is -2.20. The van der Waals surface area contributed by atoms with Crippen LogP contribution in [0.1, 0.15) is 20.8 Å². The van der Waals surface area contributed by atoms with Crippen molar-refractivity contribution < 1.29 is 14.3 Å². The van der Waals surface area contributed by atoms with E-state index in [-0.39, 0.29) is 30.5 Å². The van der Waals surface area contributed by atoms with Crippen LogP contribution in [0.25, 0.3) is 0 Å². The highest BCUT2D eigenvalue weighted by molar-refractivity contribution is 5.94. The second-order valence-corrected chi connectivity index (χ2v) is 5.71. The van der Waals surface area contributed by atoms with E-state index in [1.165, 1.54) is 7.11 Å². The largest absolute Gasteiger partial charge is 0.375 e. The highest BCUT2D eigenvalue weighted by Crippen LogP contribution is 2.13. The van der Waals surface area contributed by atoms with Crippen LogP contribution in [0.2, 0.25) is 0 Å². The second-order valence-electron chi connectivity index (χ2n) is 5.71. The lowest BCUT2D eigenvalue weighted by molar-refractivity contribution is -0.119. The zero-order valence-electron chi connectivity index (χ0n) is 12.9. The van der Waals surface area contributed by atoms with Crippen LogP contribution in [0.3, 0.4) is 0 Å². The van der Waals surface area contributed by atoms with Crippen molar-refractivity contribution in [2.75, 3.05) is 30.9 Å². The van der Waals surface area contributed by atoms with E-state index in [0.29, 0.717) is 11.4 Å². The Kier molecular flexibility index (Phi) is 6.33. The molecule has 0 saturated carbocycles. The predicted molar refractivity (Wildman–Crippen MR) is 83.3 cm³/mol. The molecule has 0 saturated heterocycles. The zero-order chi connectivity index (χ0) is 15.9. The van der Waals surface area contributed by atoms with Crippen LogP contribution < -0.4 is 16.0 Å². The van der Waals surface area contributed by atoms with E-state index in [1.54, 1.807) is 24.3 Å². The number of carbonyl (C=O) groups excluding carboxylic acids is 2. The fourth-order valence-electron chi connectivity index (χ4n) is 1.52. The molecule has 0 heterocycles. The van der Waals surface area contributed by atoms with Crippen molar-refractivity contribution in [3.05, 3.63) is 24.3 Å². The summed E-state index contributed by atoms with van der Waals surface area (Å²) in [4.78, 5) is 23.1. The first-order chi connectivity index (χ1) is 9.80. The monoisotopic (exact) mass is 293 g/mol. The number of hydrogen-bond donors (Lipinski definition) is 3. The third-order valence-electron chi connectivity index (χ3n) is 2.51. The minimum Gasteiger partial charge on any atom is -0.375 e. The van der Waals surface area contributed by atoms with Crippen molar-refractivity contribution in [1.29, 1.82) is 0 Å². The number of benzene rings is 1. The molecular weight excluding hydrogens is 270 g/mol. The molecule has 0 unspecified atom stereocenters. The molecule has 0 fully saturated rings. The van der Waals surface area contributed by atoms with Gasteiger partial charge in [0.1, 0.15) is 6.61 Å². The first kappa shape index (κ1) is 17.1. The molecule has 3 N–H and O–H groups in total. The molecule has 0 radical (unpaired) electrons. The normalized spacial score (nSPS) is 11.0. The molecule has 1 rings (SSSR count). The quantitative estimate of drug-likeness (QED) is 0.744.